The molecule has 2 amide bonds. The summed E-state index contributed by atoms with van der Waals surface area (Å²) < 4.78 is 17.9. The van der Waals surface area contributed by atoms with Crippen LogP contribution in [-0.2, 0) is 20.5 Å². The van der Waals surface area contributed by atoms with Gasteiger partial charge in [0.15, 0.2) is 8.32 Å². The number of hydrogen-bond acceptors (Lipinski definition) is 5. The van der Waals surface area contributed by atoms with Gasteiger partial charge < -0.3 is 23.7 Å². The van der Waals surface area contributed by atoms with Crippen LogP contribution in [0.5, 0.6) is 0 Å². The van der Waals surface area contributed by atoms with E-state index in [4.69, 9.17) is 13.9 Å². The Hall–Kier alpha value is -2.06. The summed E-state index contributed by atoms with van der Waals surface area (Å²) in [6.45, 7) is 17.6. The summed E-state index contributed by atoms with van der Waals surface area (Å²) in [5.74, 6) is 0. The summed E-state index contributed by atoms with van der Waals surface area (Å²) in [7, 11) is -0.401. The number of carbonyl (C=O) groups excluding carboxylic acids is 2. The molecule has 0 radical (unpaired) electrons. The molecule has 1 aromatic rings. The lowest BCUT2D eigenvalue weighted by molar-refractivity contribution is -0.0201. The minimum atomic E-state index is -2.15. The molecule has 0 aliphatic carbocycles. The molecular formula is C25H42N2O5Si. The Kier molecular flexibility index (Phi) is 8.62. The van der Waals surface area contributed by atoms with Crippen molar-refractivity contribution in [3.63, 3.8) is 0 Å². The van der Waals surface area contributed by atoms with Gasteiger partial charge in [0.05, 0.1) is 18.7 Å². The van der Waals surface area contributed by atoms with Crippen LogP contribution in [0.1, 0.15) is 53.5 Å². The van der Waals surface area contributed by atoms with Gasteiger partial charge in [0, 0.05) is 13.6 Å². The molecule has 1 fully saturated rings. The van der Waals surface area contributed by atoms with E-state index in [-0.39, 0.29) is 36.0 Å². The molecule has 0 aromatic heterocycles. The molecular weight excluding hydrogens is 436 g/mol. The Bertz CT molecular complexity index is 801. The number of nitrogens with zero attached hydrogens (tertiary/aromatic N) is 2. The first kappa shape index (κ1) is 27.2. The SMILES string of the molecule is CN(C(=O)OC(C)(C)C)[C@@H]1CCN(C(=O)OCc2ccccc2)C[C@H]1O[Si](C)(C)C(C)(C)C. The molecule has 1 aromatic carbocycles. The first-order valence-corrected chi connectivity index (χ1v) is 14.6. The number of carbonyl (C=O) groups is 2. The van der Waals surface area contributed by atoms with Crippen molar-refractivity contribution in [2.24, 2.45) is 0 Å². The fourth-order valence-corrected chi connectivity index (χ4v) is 4.81. The molecule has 1 aliphatic rings. The normalized spacial score (nSPS) is 19.7. The second-order valence-corrected chi connectivity index (χ2v) is 16.1. The fraction of sp³-hybridized carbons (Fsp3) is 0.680. The minimum absolute atomic E-state index is 0.00185. The average Bonchev–Trinajstić information content (AvgIpc) is 2.70. The van der Waals surface area contributed by atoms with Crippen LogP contribution < -0.4 is 0 Å². The van der Waals surface area contributed by atoms with E-state index in [0.717, 1.165) is 5.56 Å². The van der Waals surface area contributed by atoms with Crippen LogP contribution >= 0.6 is 0 Å². The van der Waals surface area contributed by atoms with E-state index < -0.39 is 13.9 Å². The van der Waals surface area contributed by atoms with Gasteiger partial charge >= 0.3 is 12.2 Å². The quantitative estimate of drug-likeness (QED) is 0.511. The van der Waals surface area contributed by atoms with Crippen molar-refractivity contribution in [2.75, 3.05) is 20.1 Å². The van der Waals surface area contributed by atoms with Gasteiger partial charge in [0.25, 0.3) is 0 Å². The highest BCUT2D eigenvalue weighted by molar-refractivity contribution is 6.74. The van der Waals surface area contributed by atoms with E-state index in [1.54, 1.807) is 16.8 Å². The predicted octanol–water partition coefficient (Wildman–Crippen LogP) is 5.65. The maximum Gasteiger partial charge on any atom is 0.410 e. The van der Waals surface area contributed by atoms with Crippen molar-refractivity contribution in [3.05, 3.63) is 35.9 Å². The smallest absolute Gasteiger partial charge is 0.410 e. The highest BCUT2D eigenvalue weighted by Gasteiger charge is 2.45. The second kappa shape index (κ2) is 10.5. The number of amides is 2. The molecule has 0 unspecified atom stereocenters. The zero-order chi connectivity index (χ0) is 25.0. The van der Waals surface area contributed by atoms with Crippen LogP contribution in [0.4, 0.5) is 9.59 Å². The largest absolute Gasteiger partial charge is 0.445 e. The monoisotopic (exact) mass is 478 g/mol. The van der Waals surface area contributed by atoms with E-state index in [9.17, 15) is 9.59 Å². The van der Waals surface area contributed by atoms with Gasteiger partial charge in [-0.3, -0.25) is 0 Å². The van der Waals surface area contributed by atoms with E-state index in [1.807, 2.05) is 51.1 Å². The minimum Gasteiger partial charge on any atom is -0.445 e. The highest BCUT2D eigenvalue weighted by atomic mass is 28.4. The predicted molar refractivity (Wildman–Crippen MR) is 133 cm³/mol. The first-order chi connectivity index (χ1) is 15.1. The fourth-order valence-electron chi connectivity index (χ4n) is 3.46. The molecule has 2 rings (SSSR count). The molecule has 1 saturated heterocycles. The molecule has 0 spiro atoms. The maximum atomic E-state index is 12.8. The molecule has 1 aliphatic heterocycles. The molecule has 7 nitrogen and oxygen atoms in total. The molecule has 186 valence electrons. The van der Waals surface area contributed by atoms with Crippen molar-refractivity contribution in [2.45, 2.75) is 90.4 Å². The number of benzene rings is 1. The number of piperidine rings is 1. The van der Waals surface area contributed by atoms with E-state index in [1.165, 1.54) is 0 Å². The number of likely N-dealkylation sites (N-methyl/N-ethyl adjacent to an activating group) is 1. The van der Waals surface area contributed by atoms with E-state index in [2.05, 4.69) is 33.9 Å². The zero-order valence-corrected chi connectivity index (χ0v) is 22.8. The third-order valence-corrected chi connectivity index (χ3v) is 10.9. The first-order valence-electron chi connectivity index (χ1n) is 11.7. The van der Waals surface area contributed by atoms with Crippen LogP contribution in [0.3, 0.4) is 0 Å². The van der Waals surface area contributed by atoms with Crippen LogP contribution in [0.15, 0.2) is 30.3 Å². The van der Waals surface area contributed by atoms with Crippen LogP contribution in [0, 0.1) is 0 Å². The lowest BCUT2D eigenvalue weighted by Crippen LogP contribution is -2.60. The summed E-state index contributed by atoms with van der Waals surface area (Å²) in [5.41, 5.74) is 0.364. The third-order valence-electron chi connectivity index (χ3n) is 6.42. The van der Waals surface area contributed by atoms with E-state index in [0.29, 0.717) is 19.5 Å². The Morgan fingerprint density at radius 3 is 2.24 bits per heavy atom. The molecule has 33 heavy (non-hydrogen) atoms. The lowest BCUT2D eigenvalue weighted by atomic mass is 10.0. The Labute approximate surface area is 200 Å². The summed E-state index contributed by atoms with van der Waals surface area (Å²) in [5, 5.41) is -0.00185. The summed E-state index contributed by atoms with van der Waals surface area (Å²) in [6, 6.07) is 9.44. The molecule has 1 heterocycles. The number of hydrogen-bond donors (Lipinski definition) is 0. The van der Waals surface area contributed by atoms with Crippen LogP contribution in [0.2, 0.25) is 18.1 Å². The van der Waals surface area contributed by atoms with Gasteiger partial charge in [-0.2, -0.15) is 0 Å². The van der Waals surface area contributed by atoms with Gasteiger partial charge in [-0.25, -0.2) is 9.59 Å². The number of likely N-dealkylation sites (tertiary alicyclic amines) is 1. The van der Waals surface area contributed by atoms with Crippen molar-refractivity contribution in [1.29, 1.82) is 0 Å². The molecule has 0 N–H and O–H groups in total. The lowest BCUT2D eigenvalue weighted by Gasteiger charge is -2.47. The standard InChI is InChI=1S/C25H42N2O5Si/c1-24(2,3)31-22(28)26(7)20-15-16-27(17-21(20)32-33(8,9)25(4,5)6)23(29)30-18-19-13-11-10-12-14-19/h10-14,20-21H,15-18H2,1-9H3/t20-,21-/m1/s1. The highest BCUT2D eigenvalue weighted by Crippen LogP contribution is 2.39. The maximum absolute atomic E-state index is 12.8. The topological polar surface area (TPSA) is 68.3 Å². The zero-order valence-electron chi connectivity index (χ0n) is 21.8. The van der Waals surface area contributed by atoms with Crippen molar-refractivity contribution >= 4 is 20.5 Å². The third kappa shape index (κ3) is 7.74. The van der Waals surface area contributed by atoms with Crippen molar-refractivity contribution < 1.29 is 23.5 Å². The van der Waals surface area contributed by atoms with Crippen LogP contribution in [-0.4, -0.2) is 68.2 Å². The Morgan fingerprint density at radius 1 is 1.09 bits per heavy atom. The molecule has 2 atom stereocenters. The van der Waals surface area contributed by atoms with Crippen molar-refractivity contribution in [3.8, 4) is 0 Å². The van der Waals surface area contributed by atoms with Crippen molar-refractivity contribution in [1.82, 2.24) is 9.80 Å². The van der Waals surface area contributed by atoms with E-state index >= 15 is 0 Å². The second-order valence-electron chi connectivity index (χ2n) is 11.4. The summed E-state index contributed by atoms with van der Waals surface area (Å²) in [6.07, 6.45) is -0.464. The van der Waals surface area contributed by atoms with Gasteiger partial charge in [0.1, 0.15) is 12.2 Å². The average molecular weight is 479 g/mol. The summed E-state index contributed by atoms with van der Waals surface area (Å²) >= 11 is 0. The van der Waals surface area contributed by atoms with Gasteiger partial charge in [0.2, 0.25) is 0 Å². The molecule has 0 bridgehead atoms. The Morgan fingerprint density at radius 2 is 1.70 bits per heavy atom. The number of ether oxygens (including phenoxy) is 2. The summed E-state index contributed by atoms with van der Waals surface area (Å²) in [4.78, 5) is 29.0. The number of rotatable bonds is 5. The Balaban J connectivity index is 2.15. The van der Waals surface area contributed by atoms with Gasteiger partial charge in [-0.15, -0.1) is 0 Å². The van der Waals surface area contributed by atoms with Gasteiger partial charge in [-0.1, -0.05) is 51.1 Å². The molecule has 0 saturated carbocycles. The van der Waals surface area contributed by atoms with Gasteiger partial charge in [-0.05, 0) is 50.9 Å². The van der Waals surface area contributed by atoms with Crippen LogP contribution in [0.25, 0.3) is 0 Å². The molecule has 8 heteroatoms.